The van der Waals surface area contributed by atoms with E-state index in [4.69, 9.17) is 5.73 Å². The minimum absolute atomic E-state index is 0.102. The lowest BCUT2D eigenvalue weighted by atomic mass is 10.2. The maximum absolute atomic E-state index is 11.6. The van der Waals surface area contributed by atoms with Crippen molar-refractivity contribution in [3.05, 3.63) is 12.2 Å². The molecular formula is C10H19N5OS. The number of aromatic nitrogens is 3. The lowest BCUT2D eigenvalue weighted by Gasteiger charge is -2.10. The number of nitrogens with one attached hydrogen (secondary N) is 1. The molecular weight excluding hydrogens is 238 g/mol. The number of thioether (sulfide) groups is 1. The van der Waals surface area contributed by atoms with Crippen LogP contribution in [0.15, 0.2) is 6.33 Å². The summed E-state index contributed by atoms with van der Waals surface area (Å²) in [5.41, 5.74) is 5.73. The Morgan fingerprint density at radius 1 is 1.71 bits per heavy atom. The van der Waals surface area contributed by atoms with E-state index >= 15 is 0 Å². The summed E-state index contributed by atoms with van der Waals surface area (Å²) in [6.45, 7) is 0.524. The summed E-state index contributed by atoms with van der Waals surface area (Å²) >= 11 is 1.69. The van der Waals surface area contributed by atoms with E-state index in [1.807, 2.05) is 13.3 Å². The van der Waals surface area contributed by atoms with Crippen LogP contribution in [-0.4, -0.2) is 45.3 Å². The molecule has 96 valence electrons. The number of nitrogens with two attached hydrogens (primary N) is 1. The standard InChI is InChI=1S/C10H19N5OS/c1-15-7-13-9(14-15)3-5-12-10(16)8(11)4-6-17-2/h7-8H,3-6,11H2,1-2H3,(H,12,16)/t8-/m1/s1. The summed E-state index contributed by atoms with van der Waals surface area (Å²) in [7, 11) is 1.81. The molecule has 0 bridgehead atoms. The van der Waals surface area contributed by atoms with Gasteiger partial charge >= 0.3 is 0 Å². The molecule has 1 amide bonds. The van der Waals surface area contributed by atoms with Gasteiger partial charge in [0.25, 0.3) is 0 Å². The largest absolute Gasteiger partial charge is 0.354 e. The number of carbonyl (C=O) groups is 1. The molecule has 1 rings (SSSR count). The number of amides is 1. The SMILES string of the molecule is CSCC[C@@H](N)C(=O)NCCc1ncn(C)n1. The molecule has 1 aromatic heterocycles. The molecule has 0 aliphatic heterocycles. The predicted octanol–water partition coefficient (Wildman–Crippen LogP) is -0.446. The Hall–Kier alpha value is -1.08. The Kier molecular flexibility index (Phi) is 5.99. The lowest BCUT2D eigenvalue weighted by molar-refractivity contribution is -0.122. The first-order chi connectivity index (χ1) is 8.13. The van der Waals surface area contributed by atoms with Gasteiger partial charge in [0.15, 0.2) is 5.82 Å². The van der Waals surface area contributed by atoms with Gasteiger partial charge in [-0.3, -0.25) is 9.48 Å². The van der Waals surface area contributed by atoms with E-state index in [0.29, 0.717) is 19.4 Å². The van der Waals surface area contributed by atoms with Gasteiger partial charge in [-0.2, -0.15) is 16.9 Å². The van der Waals surface area contributed by atoms with E-state index in [-0.39, 0.29) is 5.91 Å². The van der Waals surface area contributed by atoms with Gasteiger partial charge in [0, 0.05) is 20.0 Å². The fourth-order valence-corrected chi connectivity index (χ4v) is 1.79. The Balaban J connectivity index is 2.19. The first-order valence-corrected chi connectivity index (χ1v) is 6.89. The molecule has 7 heteroatoms. The van der Waals surface area contributed by atoms with E-state index < -0.39 is 6.04 Å². The van der Waals surface area contributed by atoms with Gasteiger partial charge in [0.2, 0.25) is 5.91 Å². The highest BCUT2D eigenvalue weighted by Crippen LogP contribution is 1.98. The van der Waals surface area contributed by atoms with Crippen molar-refractivity contribution in [2.24, 2.45) is 12.8 Å². The van der Waals surface area contributed by atoms with Crippen molar-refractivity contribution in [3.63, 3.8) is 0 Å². The Labute approximate surface area is 105 Å². The molecule has 6 nitrogen and oxygen atoms in total. The number of aryl methyl sites for hydroxylation is 1. The third-order valence-electron chi connectivity index (χ3n) is 2.26. The van der Waals surface area contributed by atoms with Crippen LogP contribution in [0.4, 0.5) is 0 Å². The zero-order valence-electron chi connectivity index (χ0n) is 10.2. The van der Waals surface area contributed by atoms with Gasteiger partial charge in [-0.25, -0.2) is 4.98 Å². The van der Waals surface area contributed by atoms with Crippen LogP contribution in [0.3, 0.4) is 0 Å². The minimum atomic E-state index is -0.417. The highest BCUT2D eigenvalue weighted by molar-refractivity contribution is 7.98. The van der Waals surface area contributed by atoms with Crippen molar-refractivity contribution < 1.29 is 4.79 Å². The maximum atomic E-state index is 11.6. The average Bonchev–Trinajstić information content (AvgIpc) is 2.71. The molecule has 17 heavy (non-hydrogen) atoms. The van der Waals surface area contributed by atoms with E-state index in [1.165, 1.54) is 0 Å². The molecule has 0 aliphatic carbocycles. The zero-order chi connectivity index (χ0) is 12.7. The number of carbonyl (C=O) groups excluding carboxylic acids is 1. The van der Waals surface area contributed by atoms with E-state index in [2.05, 4.69) is 15.4 Å². The first kappa shape index (κ1) is 14.0. The zero-order valence-corrected chi connectivity index (χ0v) is 11.0. The van der Waals surface area contributed by atoms with Crippen molar-refractivity contribution in [3.8, 4) is 0 Å². The van der Waals surface area contributed by atoms with Crippen LogP contribution in [0, 0.1) is 0 Å². The van der Waals surface area contributed by atoms with Gasteiger partial charge in [0.05, 0.1) is 6.04 Å². The lowest BCUT2D eigenvalue weighted by Crippen LogP contribution is -2.41. The summed E-state index contributed by atoms with van der Waals surface area (Å²) < 4.78 is 1.64. The quantitative estimate of drug-likeness (QED) is 0.691. The van der Waals surface area contributed by atoms with Crippen LogP contribution in [0.1, 0.15) is 12.2 Å². The number of hydrogen-bond acceptors (Lipinski definition) is 5. The molecule has 0 saturated heterocycles. The Morgan fingerprint density at radius 2 is 2.47 bits per heavy atom. The molecule has 0 aliphatic rings. The summed E-state index contributed by atoms with van der Waals surface area (Å²) in [6.07, 6.45) is 4.97. The Morgan fingerprint density at radius 3 is 3.06 bits per heavy atom. The van der Waals surface area contributed by atoms with Crippen molar-refractivity contribution in [1.29, 1.82) is 0 Å². The van der Waals surface area contributed by atoms with Crippen molar-refractivity contribution in [2.45, 2.75) is 18.9 Å². The summed E-state index contributed by atoms with van der Waals surface area (Å²) in [4.78, 5) is 15.6. The minimum Gasteiger partial charge on any atom is -0.354 e. The number of rotatable bonds is 7. The van der Waals surface area contributed by atoms with Crippen LogP contribution >= 0.6 is 11.8 Å². The molecule has 0 unspecified atom stereocenters. The highest BCUT2D eigenvalue weighted by Gasteiger charge is 2.12. The second-order valence-electron chi connectivity index (χ2n) is 3.76. The monoisotopic (exact) mass is 257 g/mol. The molecule has 0 aromatic carbocycles. The van der Waals surface area contributed by atoms with Gasteiger partial charge in [0.1, 0.15) is 6.33 Å². The van der Waals surface area contributed by atoms with E-state index in [1.54, 1.807) is 22.8 Å². The van der Waals surface area contributed by atoms with Gasteiger partial charge < -0.3 is 11.1 Å². The first-order valence-electron chi connectivity index (χ1n) is 5.50. The van der Waals surface area contributed by atoms with Gasteiger partial charge in [-0.05, 0) is 18.4 Å². The summed E-state index contributed by atoms with van der Waals surface area (Å²) in [6, 6.07) is -0.417. The number of nitrogens with zero attached hydrogens (tertiary/aromatic N) is 3. The molecule has 0 saturated carbocycles. The van der Waals surface area contributed by atoms with Crippen LogP contribution in [0.25, 0.3) is 0 Å². The maximum Gasteiger partial charge on any atom is 0.236 e. The van der Waals surface area contributed by atoms with E-state index in [9.17, 15) is 4.79 Å². The Bertz CT molecular complexity index is 354. The van der Waals surface area contributed by atoms with Crippen LogP contribution in [0.5, 0.6) is 0 Å². The smallest absolute Gasteiger partial charge is 0.236 e. The van der Waals surface area contributed by atoms with Crippen molar-refractivity contribution in [2.75, 3.05) is 18.6 Å². The van der Waals surface area contributed by atoms with Gasteiger partial charge in [-0.15, -0.1) is 0 Å². The molecule has 1 aromatic rings. The van der Waals surface area contributed by atoms with Crippen LogP contribution in [0.2, 0.25) is 0 Å². The normalized spacial score (nSPS) is 12.4. The van der Waals surface area contributed by atoms with Crippen molar-refractivity contribution in [1.82, 2.24) is 20.1 Å². The molecule has 1 atom stereocenters. The van der Waals surface area contributed by atoms with Crippen LogP contribution in [-0.2, 0) is 18.3 Å². The fourth-order valence-electron chi connectivity index (χ4n) is 1.30. The third-order valence-corrected chi connectivity index (χ3v) is 2.91. The van der Waals surface area contributed by atoms with Crippen molar-refractivity contribution >= 4 is 17.7 Å². The molecule has 1 heterocycles. The molecule has 0 spiro atoms. The predicted molar refractivity (Wildman–Crippen MR) is 68.7 cm³/mol. The molecule has 0 radical (unpaired) electrons. The second kappa shape index (κ2) is 7.29. The highest BCUT2D eigenvalue weighted by atomic mass is 32.2. The summed E-state index contributed by atoms with van der Waals surface area (Å²) in [5.74, 6) is 1.52. The number of hydrogen-bond donors (Lipinski definition) is 2. The summed E-state index contributed by atoms with van der Waals surface area (Å²) in [5, 5.41) is 6.91. The second-order valence-corrected chi connectivity index (χ2v) is 4.75. The molecule has 3 N–H and O–H groups in total. The van der Waals surface area contributed by atoms with E-state index in [0.717, 1.165) is 11.6 Å². The van der Waals surface area contributed by atoms with Gasteiger partial charge in [-0.1, -0.05) is 0 Å². The average molecular weight is 257 g/mol. The topological polar surface area (TPSA) is 85.8 Å². The fraction of sp³-hybridized carbons (Fsp3) is 0.700. The van der Waals surface area contributed by atoms with Crippen LogP contribution < -0.4 is 11.1 Å². The molecule has 0 fully saturated rings. The third kappa shape index (κ3) is 5.18.